The molecular weight excluding hydrogens is 266 g/mol. The SMILES string of the molecule is CNc1cc(-c2cnn(C)c2)nc(-c2cnn(C)c2C)n1. The maximum absolute atomic E-state index is 4.65. The first kappa shape index (κ1) is 13.3. The highest BCUT2D eigenvalue weighted by Gasteiger charge is 2.13. The summed E-state index contributed by atoms with van der Waals surface area (Å²) in [5.41, 5.74) is 3.75. The van der Waals surface area contributed by atoms with Gasteiger partial charge in [0.05, 0.1) is 23.7 Å². The van der Waals surface area contributed by atoms with Gasteiger partial charge in [-0.3, -0.25) is 9.36 Å². The Morgan fingerprint density at radius 2 is 1.90 bits per heavy atom. The van der Waals surface area contributed by atoms with Gasteiger partial charge in [-0.05, 0) is 6.92 Å². The Labute approximate surface area is 122 Å². The highest BCUT2D eigenvalue weighted by molar-refractivity contribution is 5.67. The van der Waals surface area contributed by atoms with E-state index in [-0.39, 0.29) is 0 Å². The molecule has 0 radical (unpaired) electrons. The van der Waals surface area contributed by atoms with Crippen LogP contribution in [0.25, 0.3) is 22.6 Å². The van der Waals surface area contributed by atoms with Crippen molar-refractivity contribution in [3.05, 3.63) is 30.4 Å². The number of anilines is 1. The number of aryl methyl sites for hydroxylation is 2. The number of rotatable bonds is 3. The third-order valence-electron chi connectivity index (χ3n) is 3.46. The summed E-state index contributed by atoms with van der Waals surface area (Å²) in [6.45, 7) is 2.00. The van der Waals surface area contributed by atoms with Crippen LogP contribution in [0.3, 0.4) is 0 Å². The van der Waals surface area contributed by atoms with Crippen molar-refractivity contribution in [1.29, 1.82) is 0 Å². The van der Waals surface area contributed by atoms with Crippen LogP contribution in [0.5, 0.6) is 0 Å². The Kier molecular flexibility index (Phi) is 3.17. The van der Waals surface area contributed by atoms with Gasteiger partial charge in [0.2, 0.25) is 0 Å². The number of nitrogens with zero attached hydrogens (tertiary/aromatic N) is 6. The van der Waals surface area contributed by atoms with Crippen LogP contribution >= 0.6 is 0 Å². The zero-order valence-corrected chi connectivity index (χ0v) is 12.5. The third kappa shape index (κ3) is 2.37. The van der Waals surface area contributed by atoms with Crippen LogP contribution in [-0.2, 0) is 14.1 Å². The zero-order chi connectivity index (χ0) is 15.0. The number of nitrogens with one attached hydrogen (secondary N) is 1. The monoisotopic (exact) mass is 283 g/mol. The second-order valence-corrected chi connectivity index (χ2v) is 4.88. The average molecular weight is 283 g/mol. The molecule has 0 atom stereocenters. The third-order valence-corrected chi connectivity index (χ3v) is 3.46. The summed E-state index contributed by atoms with van der Waals surface area (Å²) < 4.78 is 3.57. The van der Waals surface area contributed by atoms with Gasteiger partial charge in [0.15, 0.2) is 5.82 Å². The molecule has 3 heterocycles. The molecule has 0 amide bonds. The van der Waals surface area contributed by atoms with E-state index >= 15 is 0 Å². The Balaban J connectivity index is 2.15. The van der Waals surface area contributed by atoms with Crippen molar-refractivity contribution in [1.82, 2.24) is 29.5 Å². The molecule has 108 valence electrons. The number of hydrogen-bond acceptors (Lipinski definition) is 5. The van der Waals surface area contributed by atoms with Crippen molar-refractivity contribution in [3.8, 4) is 22.6 Å². The molecule has 3 aromatic heterocycles. The average Bonchev–Trinajstić information content (AvgIpc) is 3.06. The van der Waals surface area contributed by atoms with Gasteiger partial charge in [0.25, 0.3) is 0 Å². The lowest BCUT2D eigenvalue weighted by atomic mass is 10.2. The second-order valence-electron chi connectivity index (χ2n) is 4.88. The molecule has 0 saturated heterocycles. The summed E-state index contributed by atoms with van der Waals surface area (Å²) in [7, 11) is 5.63. The molecule has 1 N–H and O–H groups in total. The minimum atomic E-state index is 0.659. The fourth-order valence-electron chi connectivity index (χ4n) is 2.12. The number of aromatic nitrogens is 6. The Bertz CT molecular complexity index is 784. The lowest BCUT2D eigenvalue weighted by Gasteiger charge is -2.06. The van der Waals surface area contributed by atoms with Gasteiger partial charge in [-0.1, -0.05) is 0 Å². The van der Waals surface area contributed by atoms with Crippen LogP contribution in [0, 0.1) is 6.92 Å². The van der Waals surface area contributed by atoms with E-state index in [9.17, 15) is 0 Å². The molecule has 3 aromatic rings. The lowest BCUT2D eigenvalue weighted by Crippen LogP contribution is -1.99. The van der Waals surface area contributed by atoms with E-state index in [1.807, 2.05) is 45.0 Å². The molecule has 0 unspecified atom stereocenters. The summed E-state index contributed by atoms with van der Waals surface area (Å²) in [6.07, 6.45) is 5.51. The zero-order valence-electron chi connectivity index (χ0n) is 12.5. The van der Waals surface area contributed by atoms with Crippen molar-refractivity contribution in [3.63, 3.8) is 0 Å². The molecular formula is C14H17N7. The Hall–Kier alpha value is -2.70. The molecule has 7 nitrogen and oxygen atoms in total. The van der Waals surface area contributed by atoms with E-state index in [4.69, 9.17) is 0 Å². The van der Waals surface area contributed by atoms with Crippen LogP contribution in [0.4, 0.5) is 5.82 Å². The van der Waals surface area contributed by atoms with E-state index in [2.05, 4.69) is 25.5 Å². The van der Waals surface area contributed by atoms with Crippen LogP contribution in [0.2, 0.25) is 0 Å². The molecule has 7 heteroatoms. The van der Waals surface area contributed by atoms with Crippen LogP contribution in [0.15, 0.2) is 24.7 Å². The lowest BCUT2D eigenvalue weighted by molar-refractivity contribution is 0.740. The maximum Gasteiger partial charge on any atom is 0.165 e. The first-order valence-electron chi connectivity index (χ1n) is 6.63. The van der Waals surface area contributed by atoms with Gasteiger partial charge in [-0.2, -0.15) is 10.2 Å². The van der Waals surface area contributed by atoms with E-state index in [1.165, 1.54) is 0 Å². The molecule has 0 saturated carbocycles. The minimum Gasteiger partial charge on any atom is -0.373 e. The smallest absolute Gasteiger partial charge is 0.165 e. The summed E-state index contributed by atoms with van der Waals surface area (Å²) in [5, 5.41) is 11.5. The molecule has 0 bridgehead atoms. The summed E-state index contributed by atoms with van der Waals surface area (Å²) in [6, 6.07) is 1.91. The second kappa shape index (κ2) is 5.01. The van der Waals surface area contributed by atoms with Crippen LogP contribution < -0.4 is 5.32 Å². The normalized spacial score (nSPS) is 10.9. The van der Waals surface area contributed by atoms with Crippen LogP contribution in [0.1, 0.15) is 5.69 Å². The van der Waals surface area contributed by atoms with E-state index in [1.54, 1.807) is 17.1 Å². The first-order chi connectivity index (χ1) is 10.1. The highest BCUT2D eigenvalue weighted by atomic mass is 15.3. The molecule has 21 heavy (non-hydrogen) atoms. The van der Waals surface area contributed by atoms with Gasteiger partial charge in [0.1, 0.15) is 5.82 Å². The molecule has 0 spiro atoms. The molecule has 0 aliphatic carbocycles. The summed E-state index contributed by atoms with van der Waals surface area (Å²) in [4.78, 5) is 9.18. The first-order valence-corrected chi connectivity index (χ1v) is 6.63. The molecule has 3 rings (SSSR count). The predicted molar refractivity (Wildman–Crippen MR) is 80.7 cm³/mol. The van der Waals surface area contributed by atoms with Crippen molar-refractivity contribution in [2.45, 2.75) is 6.92 Å². The molecule has 0 aliphatic rings. The minimum absolute atomic E-state index is 0.659. The van der Waals surface area contributed by atoms with Crippen molar-refractivity contribution < 1.29 is 0 Å². The summed E-state index contributed by atoms with van der Waals surface area (Å²) in [5.74, 6) is 1.42. The fourth-order valence-corrected chi connectivity index (χ4v) is 2.12. The predicted octanol–water partition coefficient (Wildman–Crippen LogP) is 1.63. The molecule has 0 aromatic carbocycles. The van der Waals surface area contributed by atoms with Gasteiger partial charge < -0.3 is 5.32 Å². The van der Waals surface area contributed by atoms with E-state index in [0.29, 0.717) is 5.82 Å². The maximum atomic E-state index is 4.65. The standard InChI is InChI=1S/C14H17N7/c1-9-11(7-17-21(9)4)14-18-12(5-13(15-2)19-14)10-6-16-20(3)8-10/h5-8H,1-4H3,(H,15,18,19). The Morgan fingerprint density at radius 1 is 1.10 bits per heavy atom. The summed E-state index contributed by atoms with van der Waals surface area (Å²) >= 11 is 0. The number of hydrogen-bond donors (Lipinski definition) is 1. The van der Waals surface area contributed by atoms with Gasteiger partial charge in [0, 0.05) is 44.7 Å². The highest BCUT2D eigenvalue weighted by Crippen LogP contribution is 2.25. The van der Waals surface area contributed by atoms with Crippen molar-refractivity contribution >= 4 is 5.82 Å². The quantitative estimate of drug-likeness (QED) is 0.791. The van der Waals surface area contributed by atoms with Crippen molar-refractivity contribution in [2.75, 3.05) is 12.4 Å². The molecule has 0 aliphatic heterocycles. The Morgan fingerprint density at radius 3 is 2.48 bits per heavy atom. The van der Waals surface area contributed by atoms with E-state index in [0.717, 1.165) is 28.3 Å². The topological polar surface area (TPSA) is 73.5 Å². The van der Waals surface area contributed by atoms with Crippen LogP contribution in [-0.4, -0.2) is 36.6 Å². The van der Waals surface area contributed by atoms with Gasteiger partial charge in [-0.15, -0.1) is 0 Å². The molecule has 0 fully saturated rings. The van der Waals surface area contributed by atoms with E-state index < -0.39 is 0 Å². The van der Waals surface area contributed by atoms with Gasteiger partial charge >= 0.3 is 0 Å². The van der Waals surface area contributed by atoms with Crippen molar-refractivity contribution in [2.24, 2.45) is 14.1 Å². The fraction of sp³-hybridized carbons (Fsp3) is 0.286. The van der Waals surface area contributed by atoms with Gasteiger partial charge in [-0.25, -0.2) is 9.97 Å². The largest absolute Gasteiger partial charge is 0.373 e.